The second-order valence-corrected chi connectivity index (χ2v) is 5.63. The molecular formula is C14H16Cl2N4. The molecule has 0 fully saturated rings. The molecule has 0 spiro atoms. The van der Waals surface area contributed by atoms with Gasteiger partial charge in [-0.1, -0.05) is 37.0 Å². The molecule has 6 heteroatoms. The Hall–Kier alpha value is -1.52. The lowest BCUT2D eigenvalue weighted by atomic mass is 10.2. The Balaban J connectivity index is 2.13. The largest absolute Gasteiger partial charge is 0.370 e. The van der Waals surface area contributed by atoms with Crippen LogP contribution in [-0.2, 0) is 0 Å². The second kappa shape index (κ2) is 6.77. The van der Waals surface area contributed by atoms with Gasteiger partial charge in [-0.05, 0) is 30.2 Å². The van der Waals surface area contributed by atoms with Crippen molar-refractivity contribution >= 4 is 40.7 Å². The van der Waals surface area contributed by atoms with E-state index in [-0.39, 0.29) is 0 Å². The van der Waals surface area contributed by atoms with Crippen LogP contribution in [0.3, 0.4) is 0 Å². The first-order valence-electron chi connectivity index (χ1n) is 6.33. The number of aromatic nitrogens is 2. The first-order chi connectivity index (χ1) is 9.54. The summed E-state index contributed by atoms with van der Waals surface area (Å²) < 4.78 is 0. The van der Waals surface area contributed by atoms with E-state index in [9.17, 15) is 0 Å². The van der Waals surface area contributed by atoms with Crippen LogP contribution in [0, 0.1) is 5.92 Å². The zero-order valence-electron chi connectivity index (χ0n) is 11.3. The van der Waals surface area contributed by atoms with E-state index in [0.717, 1.165) is 12.4 Å². The van der Waals surface area contributed by atoms with Crippen LogP contribution in [-0.4, -0.2) is 16.5 Å². The molecule has 0 aliphatic heterocycles. The lowest BCUT2D eigenvalue weighted by Gasteiger charge is -2.10. The molecule has 1 aromatic heterocycles. The Bertz CT molecular complexity index is 587. The van der Waals surface area contributed by atoms with Crippen molar-refractivity contribution in [2.45, 2.75) is 13.8 Å². The summed E-state index contributed by atoms with van der Waals surface area (Å²) in [5.74, 6) is 1.79. The third-order valence-electron chi connectivity index (χ3n) is 2.52. The zero-order valence-corrected chi connectivity index (χ0v) is 12.8. The minimum Gasteiger partial charge on any atom is -0.370 e. The Kier molecular flexibility index (Phi) is 5.04. The van der Waals surface area contributed by atoms with E-state index in [0.29, 0.717) is 27.6 Å². The maximum absolute atomic E-state index is 6.10. The molecule has 0 atom stereocenters. The standard InChI is InChI=1S/C14H16Cl2N4/c1-9(2)8-18-13-5-6-17-14(20-13)19-12-7-10(15)3-4-11(12)16/h3-7,9H,8H2,1-2H3,(H2,17,18,19,20). The normalized spacial score (nSPS) is 10.7. The van der Waals surface area contributed by atoms with Gasteiger partial charge in [0.1, 0.15) is 5.82 Å². The number of anilines is 3. The maximum Gasteiger partial charge on any atom is 0.229 e. The van der Waals surface area contributed by atoms with Crippen molar-refractivity contribution in [2.24, 2.45) is 5.92 Å². The minimum absolute atomic E-state index is 0.475. The molecule has 20 heavy (non-hydrogen) atoms. The summed E-state index contributed by atoms with van der Waals surface area (Å²) in [6.45, 7) is 5.13. The first kappa shape index (κ1) is 14.9. The predicted octanol–water partition coefficient (Wildman–Crippen LogP) is 4.59. The number of rotatable bonds is 5. The van der Waals surface area contributed by atoms with Crippen LogP contribution in [0.25, 0.3) is 0 Å². The van der Waals surface area contributed by atoms with Gasteiger partial charge in [-0.15, -0.1) is 0 Å². The SMILES string of the molecule is CC(C)CNc1ccnc(Nc2cc(Cl)ccc2Cl)n1. The molecule has 1 aromatic carbocycles. The van der Waals surface area contributed by atoms with E-state index < -0.39 is 0 Å². The van der Waals surface area contributed by atoms with E-state index in [2.05, 4.69) is 34.4 Å². The fraction of sp³-hybridized carbons (Fsp3) is 0.286. The second-order valence-electron chi connectivity index (χ2n) is 4.79. The highest BCUT2D eigenvalue weighted by molar-refractivity contribution is 6.35. The average Bonchev–Trinajstić information content (AvgIpc) is 2.41. The third-order valence-corrected chi connectivity index (χ3v) is 3.09. The van der Waals surface area contributed by atoms with Gasteiger partial charge in [-0.25, -0.2) is 4.98 Å². The molecule has 0 unspecified atom stereocenters. The lowest BCUT2D eigenvalue weighted by Crippen LogP contribution is -2.10. The molecule has 0 radical (unpaired) electrons. The Morgan fingerprint density at radius 2 is 2.00 bits per heavy atom. The van der Waals surface area contributed by atoms with Crippen molar-refractivity contribution in [1.82, 2.24) is 9.97 Å². The molecule has 0 bridgehead atoms. The summed E-state index contributed by atoms with van der Waals surface area (Å²) in [4.78, 5) is 8.54. The van der Waals surface area contributed by atoms with Gasteiger partial charge < -0.3 is 10.6 Å². The van der Waals surface area contributed by atoms with Gasteiger partial charge in [-0.3, -0.25) is 0 Å². The summed E-state index contributed by atoms with van der Waals surface area (Å²) in [6.07, 6.45) is 1.69. The van der Waals surface area contributed by atoms with E-state index in [1.165, 1.54) is 0 Å². The van der Waals surface area contributed by atoms with Gasteiger partial charge in [0.2, 0.25) is 5.95 Å². The monoisotopic (exact) mass is 310 g/mol. The van der Waals surface area contributed by atoms with Gasteiger partial charge >= 0.3 is 0 Å². The molecule has 2 N–H and O–H groups in total. The van der Waals surface area contributed by atoms with Gasteiger partial charge in [-0.2, -0.15) is 4.98 Å². The molecule has 4 nitrogen and oxygen atoms in total. The summed E-state index contributed by atoms with van der Waals surface area (Å²) >= 11 is 12.0. The van der Waals surface area contributed by atoms with Crippen molar-refractivity contribution in [2.75, 3.05) is 17.2 Å². The highest BCUT2D eigenvalue weighted by atomic mass is 35.5. The molecule has 0 aliphatic carbocycles. The Labute approximate surface area is 128 Å². The van der Waals surface area contributed by atoms with Crippen LogP contribution in [0.15, 0.2) is 30.5 Å². The van der Waals surface area contributed by atoms with Crippen LogP contribution in [0.5, 0.6) is 0 Å². The average molecular weight is 311 g/mol. The van der Waals surface area contributed by atoms with Crippen molar-refractivity contribution in [3.05, 3.63) is 40.5 Å². The van der Waals surface area contributed by atoms with E-state index in [1.807, 2.05) is 6.07 Å². The summed E-state index contributed by atoms with van der Waals surface area (Å²) in [5, 5.41) is 7.48. The predicted molar refractivity (Wildman–Crippen MR) is 85.1 cm³/mol. The zero-order chi connectivity index (χ0) is 14.5. The molecule has 1 heterocycles. The molecule has 0 saturated carbocycles. The van der Waals surface area contributed by atoms with Gasteiger partial charge in [0.05, 0.1) is 10.7 Å². The van der Waals surface area contributed by atoms with E-state index in [1.54, 1.807) is 24.4 Å². The quantitative estimate of drug-likeness (QED) is 0.847. The van der Waals surface area contributed by atoms with Crippen LogP contribution in [0.2, 0.25) is 10.0 Å². The fourth-order valence-corrected chi connectivity index (χ4v) is 1.88. The molecule has 106 valence electrons. The topological polar surface area (TPSA) is 49.8 Å². The summed E-state index contributed by atoms with van der Waals surface area (Å²) in [6, 6.07) is 7.03. The smallest absolute Gasteiger partial charge is 0.229 e. The van der Waals surface area contributed by atoms with Crippen LogP contribution >= 0.6 is 23.2 Å². The fourth-order valence-electron chi connectivity index (χ4n) is 1.54. The van der Waals surface area contributed by atoms with Crippen molar-refractivity contribution < 1.29 is 0 Å². The number of benzene rings is 1. The van der Waals surface area contributed by atoms with Crippen LogP contribution in [0.1, 0.15) is 13.8 Å². The maximum atomic E-state index is 6.10. The lowest BCUT2D eigenvalue weighted by molar-refractivity contribution is 0.687. The number of hydrogen-bond donors (Lipinski definition) is 2. The molecular weight excluding hydrogens is 295 g/mol. The molecule has 0 aliphatic rings. The molecule has 2 rings (SSSR count). The van der Waals surface area contributed by atoms with E-state index in [4.69, 9.17) is 23.2 Å². The molecule has 0 saturated heterocycles. The van der Waals surface area contributed by atoms with Crippen molar-refractivity contribution in [1.29, 1.82) is 0 Å². The molecule has 0 amide bonds. The summed E-state index contributed by atoms with van der Waals surface area (Å²) in [7, 11) is 0. The van der Waals surface area contributed by atoms with E-state index >= 15 is 0 Å². The van der Waals surface area contributed by atoms with Crippen molar-refractivity contribution in [3.8, 4) is 0 Å². The van der Waals surface area contributed by atoms with Gasteiger partial charge in [0, 0.05) is 17.8 Å². The number of halogens is 2. The van der Waals surface area contributed by atoms with Crippen LogP contribution in [0.4, 0.5) is 17.5 Å². The van der Waals surface area contributed by atoms with Gasteiger partial charge in [0.25, 0.3) is 0 Å². The Morgan fingerprint density at radius 1 is 1.20 bits per heavy atom. The highest BCUT2D eigenvalue weighted by Crippen LogP contribution is 2.27. The first-order valence-corrected chi connectivity index (χ1v) is 7.09. The van der Waals surface area contributed by atoms with Gasteiger partial charge in [0.15, 0.2) is 0 Å². The van der Waals surface area contributed by atoms with Crippen molar-refractivity contribution in [3.63, 3.8) is 0 Å². The number of nitrogens with one attached hydrogen (secondary N) is 2. The van der Waals surface area contributed by atoms with Crippen LogP contribution < -0.4 is 10.6 Å². The minimum atomic E-state index is 0.475. The Morgan fingerprint density at radius 3 is 2.75 bits per heavy atom. The third kappa shape index (κ3) is 4.25. The summed E-state index contributed by atoms with van der Waals surface area (Å²) in [5.41, 5.74) is 0.681. The number of hydrogen-bond acceptors (Lipinski definition) is 4. The number of nitrogens with zero attached hydrogens (tertiary/aromatic N) is 2. The molecule has 2 aromatic rings. The highest BCUT2D eigenvalue weighted by Gasteiger charge is 2.05.